The number of ether oxygens (including phenoxy) is 1. The molecule has 5 rings (SSSR count). The highest BCUT2D eigenvalue weighted by atomic mass is 35.5. The highest BCUT2D eigenvalue weighted by Crippen LogP contribution is 2.32. The summed E-state index contributed by atoms with van der Waals surface area (Å²) in [5, 5.41) is 1.42. The van der Waals surface area contributed by atoms with Crippen molar-refractivity contribution >= 4 is 53.9 Å². The van der Waals surface area contributed by atoms with Gasteiger partial charge in [-0.2, -0.15) is 0 Å². The van der Waals surface area contributed by atoms with Crippen molar-refractivity contribution in [1.82, 2.24) is 4.98 Å². The SMILES string of the molecule is O=S(=O)(Nc1ccc(Cl)c(-c2ccc3ccccc3n2)c1)c1ccc(N2CCOCS2(=O)=O)cc1. The molecule has 0 unspecified atom stereocenters. The normalized spacial score (nSPS) is 15.7. The number of anilines is 2. The molecule has 35 heavy (non-hydrogen) atoms. The smallest absolute Gasteiger partial charge is 0.261 e. The summed E-state index contributed by atoms with van der Waals surface area (Å²) >= 11 is 6.40. The third-order valence-electron chi connectivity index (χ3n) is 5.53. The molecule has 11 heteroatoms. The number of rotatable bonds is 5. The Morgan fingerprint density at radius 3 is 2.51 bits per heavy atom. The third kappa shape index (κ3) is 4.83. The van der Waals surface area contributed by atoms with E-state index in [4.69, 9.17) is 16.3 Å². The zero-order valence-electron chi connectivity index (χ0n) is 18.3. The standard InChI is InChI=1S/C24H20ClN3O5S2/c25-22-11-6-18(15-21(22)24-12-5-17-3-1-2-4-23(17)26-24)27-35(31,32)20-9-7-19(8-10-20)28-13-14-33-16-34(28,29)30/h1-12,15,27H,13-14,16H2. The number of fused-ring (bicyclic) bond motifs is 1. The molecule has 2 heterocycles. The summed E-state index contributed by atoms with van der Waals surface area (Å²) in [6, 6.07) is 21.9. The molecule has 0 aliphatic carbocycles. The van der Waals surface area contributed by atoms with Crippen LogP contribution in [0.1, 0.15) is 0 Å². The molecule has 0 spiro atoms. The van der Waals surface area contributed by atoms with Crippen LogP contribution >= 0.6 is 11.6 Å². The van der Waals surface area contributed by atoms with Crippen LogP contribution in [0.2, 0.25) is 5.02 Å². The number of nitrogens with zero attached hydrogens (tertiary/aromatic N) is 2. The summed E-state index contributed by atoms with van der Waals surface area (Å²) in [6.45, 7) is 0.439. The molecular formula is C24H20ClN3O5S2. The van der Waals surface area contributed by atoms with Crippen LogP contribution in [0.5, 0.6) is 0 Å². The molecule has 4 aromatic rings. The summed E-state index contributed by atoms with van der Waals surface area (Å²) in [6.07, 6.45) is 0. The van der Waals surface area contributed by atoms with Crippen molar-refractivity contribution in [1.29, 1.82) is 0 Å². The minimum Gasteiger partial charge on any atom is -0.362 e. The molecule has 180 valence electrons. The summed E-state index contributed by atoms with van der Waals surface area (Å²) in [5.74, 6) is -0.403. The van der Waals surface area contributed by atoms with E-state index in [0.29, 0.717) is 27.7 Å². The fourth-order valence-corrected chi connectivity index (χ4v) is 6.33. The third-order valence-corrected chi connectivity index (χ3v) is 8.79. The lowest BCUT2D eigenvalue weighted by molar-refractivity contribution is 0.175. The van der Waals surface area contributed by atoms with Crippen molar-refractivity contribution in [3.8, 4) is 11.3 Å². The molecule has 0 amide bonds. The van der Waals surface area contributed by atoms with Gasteiger partial charge in [-0.1, -0.05) is 35.9 Å². The van der Waals surface area contributed by atoms with Gasteiger partial charge in [-0.25, -0.2) is 21.8 Å². The minimum absolute atomic E-state index is 0.00719. The molecule has 3 aromatic carbocycles. The van der Waals surface area contributed by atoms with E-state index in [1.807, 2.05) is 36.4 Å². The van der Waals surface area contributed by atoms with Crippen LogP contribution in [-0.4, -0.2) is 40.9 Å². The number of nitrogens with one attached hydrogen (secondary N) is 1. The lowest BCUT2D eigenvalue weighted by atomic mass is 10.1. The van der Waals surface area contributed by atoms with Gasteiger partial charge in [0.25, 0.3) is 20.0 Å². The lowest BCUT2D eigenvalue weighted by Gasteiger charge is -2.28. The maximum absolute atomic E-state index is 13.0. The topological polar surface area (TPSA) is 106 Å². The van der Waals surface area contributed by atoms with Gasteiger partial charge >= 0.3 is 0 Å². The quantitative estimate of drug-likeness (QED) is 0.408. The van der Waals surface area contributed by atoms with Crippen LogP contribution in [0.3, 0.4) is 0 Å². The highest BCUT2D eigenvalue weighted by molar-refractivity contribution is 7.93. The molecule has 1 fully saturated rings. The van der Waals surface area contributed by atoms with Crippen LogP contribution in [0.25, 0.3) is 22.2 Å². The first kappa shape index (κ1) is 23.6. The van der Waals surface area contributed by atoms with Gasteiger partial charge in [0.2, 0.25) is 0 Å². The van der Waals surface area contributed by atoms with E-state index in [1.54, 1.807) is 18.2 Å². The van der Waals surface area contributed by atoms with Gasteiger partial charge in [-0.05, 0) is 54.6 Å². The van der Waals surface area contributed by atoms with Gasteiger partial charge in [0.05, 0.1) is 40.0 Å². The van der Waals surface area contributed by atoms with Gasteiger partial charge < -0.3 is 4.74 Å². The predicted molar refractivity (Wildman–Crippen MR) is 137 cm³/mol. The maximum Gasteiger partial charge on any atom is 0.261 e. The molecule has 1 aliphatic rings. The van der Waals surface area contributed by atoms with Crippen LogP contribution < -0.4 is 9.03 Å². The monoisotopic (exact) mass is 529 g/mol. The van der Waals surface area contributed by atoms with Gasteiger partial charge in [0, 0.05) is 16.6 Å². The number of aromatic nitrogens is 1. The second kappa shape index (κ2) is 9.12. The lowest BCUT2D eigenvalue weighted by Crippen LogP contribution is -2.41. The predicted octanol–water partition coefficient (Wildman–Crippen LogP) is 4.48. The van der Waals surface area contributed by atoms with Crippen molar-refractivity contribution in [3.63, 3.8) is 0 Å². The van der Waals surface area contributed by atoms with Gasteiger partial charge in [-0.15, -0.1) is 0 Å². The molecule has 1 aromatic heterocycles. The van der Waals surface area contributed by atoms with Crippen molar-refractivity contribution in [2.75, 3.05) is 28.1 Å². The Hall–Kier alpha value is -3.18. The Morgan fingerprint density at radius 2 is 1.74 bits per heavy atom. The first-order valence-electron chi connectivity index (χ1n) is 10.6. The van der Waals surface area contributed by atoms with Crippen molar-refractivity contribution in [2.45, 2.75) is 4.90 Å². The van der Waals surface area contributed by atoms with Crippen LogP contribution in [-0.2, 0) is 24.8 Å². The fraction of sp³-hybridized carbons (Fsp3) is 0.125. The first-order chi connectivity index (χ1) is 16.7. The van der Waals surface area contributed by atoms with E-state index >= 15 is 0 Å². The Bertz CT molecular complexity index is 1630. The van der Waals surface area contributed by atoms with Crippen LogP contribution in [0, 0.1) is 0 Å². The van der Waals surface area contributed by atoms with Crippen molar-refractivity contribution in [2.24, 2.45) is 0 Å². The second-order valence-electron chi connectivity index (χ2n) is 7.89. The Balaban J connectivity index is 1.41. The van der Waals surface area contributed by atoms with Gasteiger partial charge in [0.15, 0.2) is 5.94 Å². The average molecular weight is 530 g/mol. The molecule has 0 radical (unpaired) electrons. The Kier molecular flexibility index (Phi) is 6.14. The van der Waals surface area contributed by atoms with Gasteiger partial charge in [-0.3, -0.25) is 9.03 Å². The maximum atomic E-state index is 13.0. The number of hydrogen-bond donors (Lipinski definition) is 1. The fourth-order valence-electron chi connectivity index (χ4n) is 3.81. The summed E-state index contributed by atoms with van der Waals surface area (Å²) in [4.78, 5) is 4.64. The molecular weight excluding hydrogens is 510 g/mol. The van der Waals surface area contributed by atoms with E-state index in [0.717, 1.165) is 10.9 Å². The van der Waals surface area contributed by atoms with E-state index < -0.39 is 26.0 Å². The molecule has 1 saturated heterocycles. The molecule has 8 nitrogen and oxygen atoms in total. The minimum atomic E-state index is -3.94. The van der Waals surface area contributed by atoms with E-state index in [-0.39, 0.29) is 18.0 Å². The summed E-state index contributed by atoms with van der Waals surface area (Å²) in [5.41, 5.74) is 2.70. The number of hydrogen-bond acceptors (Lipinski definition) is 6. The Morgan fingerprint density at radius 1 is 0.971 bits per heavy atom. The molecule has 1 aliphatic heterocycles. The number of sulfonamides is 2. The van der Waals surface area contributed by atoms with E-state index in [1.165, 1.54) is 28.6 Å². The summed E-state index contributed by atoms with van der Waals surface area (Å²) < 4.78 is 59.2. The number of benzene rings is 3. The van der Waals surface area contributed by atoms with Crippen molar-refractivity contribution in [3.05, 3.63) is 83.9 Å². The Labute approximate surface area is 208 Å². The largest absolute Gasteiger partial charge is 0.362 e. The first-order valence-corrected chi connectivity index (χ1v) is 14.1. The van der Waals surface area contributed by atoms with Crippen LogP contribution in [0.15, 0.2) is 83.8 Å². The molecule has 0 atom stereocenters. The van der Waals surface area contributed by atoms with E-state index in [9.17, 15) is 16.8 Å². The average Bonchev–Trinajstić information content (AvgIpc) is 2.84. The summed E-state index contributed by atoms with van der Waals surface area (Å²) in [7, 11) is -7.54. The number of para-hydroxylation sites is 1. The molecule has 0 bridgehead atoms. The number of pyridine rings is 1. The zero-order valence-corrected chi connectivity index (χ0v) is 20.6. The van der Waals surface area contributed by atoms with E-state index in [2.05, 4.69) is 9.71 Å². The zero-order chi connectivity index (χ0) is 24.6. The van der Waals surface area contributed by atoms with Crippen molar-refractivity contribution < 1.29 is 21.6 Å². The highest BCUT2D eigenvalue weighted by Gasteiger charge is 2.27. The van der Waals surface area contributed by atoms with Crippen LogP contribution in [0.4, 0.5) is 11.4 Å². The molecule has 1 N–H and O–H groups in total. The number of halogens is 1. The van der Waals surface area contributed by atoms with Gasteiger partial charge in [0.1, 0.15) is 0 Å². The second-order valence-corrected chi connectivity index (χ2v) is 11.8. The molecule has 0 saturated carbocycles.